The molecule has 2 amide bonds. The zero-order valence-electron chi connectivity index (χ0n) is 14.2. The molecule has 1 aliphatic rings. The van der Waals surface area contributed by atoms with Crippen molar-refractivity contribution in [3.05, 3.63) is 24.3 Å². The molecule has 0 spiro atoms. The van der Waals surface area contributed by atoms with Crippen molar-refractivity contribution in [1.82, 2.24) is 10.6 Å². The van der Waals surface area contributed by atoms with Crippen LogP contribution >= 0.6 is 24.2 Å². The fourth-order valence-electron chi connectivity index (χ4n) is 2.63. The van der Waals surface area contributed by atoms with Gasteiger partial charge in [0.2, 0.25) is 11.8 Å². The first-order valence-corrected chi connectivity index (χ1v) is 9.31. The highest BCUT2D eigenvalue weighted by Crippen LogP contribution is 2.28. The Morgan fingerprint density at radius 3 is 2.83 bits per heavy atom. The largest absolute Gasteiger partial charge is 0.355 e. The summed E-state index contributed by atoms with van der Waals surface area (Å²) in [6.45, 7) is 4.89. The number of hydrogen-bond donors (Lipinski definition) is 2. The molecule has 5 nitrogen and oxygen atoms in total. The Labute approximate surface area is 154 Å². The fraction of sp³-hybridized carbons (Fsp3) is 0.529. The maximum Gasteiger partial charge on any atom is 0.227 e. The Morgan fingerprint density at radius 2 is 2.12 bits per heavy atom. The summed E-state index contributed by atoms with van der Waals surface area (Å²) in [5.41, 5.74) is 0.877. The predicted molar refractivity (Wildman–Crippen MR) is 102 cm³/mol. The van der Waals surface area contributed by atoms with Crippen LogP contribution in [0.25, 0.3) is 0 Å². The van der Waals surface area contributed by atoms with Crippen LogP contribution in [0.4, 0.5) is 5.69 Å². The smallest absolute Gasteiger partial charge is 0.227 e. The SMILES string of the molecule is CCCNCCNC(=O)C1CC(=O)N(c2cccc(SC)c2)C1.Cl. The molecule has 1 unspecified atom stereocenters. The summed E-state index contributed by atoms with van der Waals surface area (Å²) in [5.74, 6) is -0.265. The minimum Gasteiger partial charge on any atom is -0.355 e. The Morgan fingerprint density at radius 1 is 1.33 bits per heavy atom. The molecule has 0 radical (unpaired) electrons. The van der Waals surface area contributed by atoms with Gasteiger partial charge in [0, 0.05) is 36.6 Å². The van der Waals surface area contributed by atoms with E-state index in [9.17, 15) is 9.59 Å². The summed E-state index contributed by atoms with van der Waals surface area (Å²) in [4.78, 5) is 27.3. The molecule has 1 aromatic rings. The number of rotatable bonds is 8. The standard InChI is InChI=1S/C17H25N3O2S.ClH/c1-3-7-18-8-9-19-17(22)13-10-16(21)20(12-13)14-5-4-6-15(11-14)23-2;/h4-6,11,13,18H,3,7-10,12H2,1-2H3,(H,19,22);1H. The van der Waals surface area contributed by atoms with Crippen LogP contribution in [-0.2, 0) is 9.59 Å². The Bertz CT molecular complexity index is 556. The normalized spacial score (nSPS) is 16.8. The predicted octanol–water partition coefficient (Wildman–Crippen LogP) is 2.30. The van der Waals surface area contributed by atoms with E-state index < -0.39 is 0 Å². The first kappa shape index (κ1) is 20.8. The van der Waals surface area contributed by atoms with Crippen LogP contribution in [0.15, 0.2) is 29.2 Å². The van der Waals surface area contributed by atoms with Gasteiger partial charge in [0.05, 0.1) is 5.92 Å². The molecule has 7 heteroatoms. The molecule has 0 saturated carbocycles. The van der Waals surface area contributed by atoms with Crippen LogP contribution in [0, 0.1) is 5.92 Å². The highest BCUT2D eigenvalue weighted by Gasteiger charge is 2.34. The van der Waals surface area contributed by atoms with Gasteiger partial charge in [0.15, 0.2) is 0 Å². The van der Waals surface area contributed by atoms with Crippen molar-refractivity contribution >= 4 is 41.7 Å². The number of nitrogens with one attached hydrogen (secondary N) is 2. The van der Waals surface area contributed by atoms with Gasteiger partial charge in [0.1, 0.15) is 0 Å². The molecule has 134 valence electrons. The topological polar surface area (TPSA) is 61.4 Å². The molecule has 1 aromatic carbocycles. The third kappa shape index (κ3) is 5.69. The first-order chi connectivity index (χ1) is 11.2. The van der Waals surface area contributed by atoms with E-state index in [0.29, 0.717) is 13.1 Å². The van der Waals surface area contributed by atoms with Crippen LogP contribution in [-0.4, -0.2) is 44.2 Å². The van der Waals surface area contributed by atoms with E-state index in [0.717, 1.165) is 30.1 Å². The maximum absolute atomic E-state index is 12.2. The number of carbonyl (C=O) groups excluding carboxylic acids is 2. The number of benzene rings is 1. The average molecular weight is 372 g/mol. The summed E-state index contributed by atoms with van der Waals surface area (Å²) < 4.78 is 0. The molecular formula is C17H26ClN3O2S. The van der Waals surface area contributed by atoms with Crippen LogP contribution < -0.4 is 15.5 Å². The van der Waals surface area contributed by atoms with E-state index in [1.54, 1.807) is 16.7 Å². The number of nitrogens with zero attached hydrogens (tertiary/aromatic N) is 1. The minimum absolute atomic E-state index is 0. The second-order valence-corrected chi connectivity index (χ2v) is 6.53. The molecule has 0 bridgehead atoms. The van der Waals surface area contributed by atoms with Crippen molar-refractivity contribution in [3.8, 4) is 0 Å². The van der Waals surface area contributed by atoms with E-state index >= 15 is 0 Å². The van der Waals surface area contributed by atoms with Crippen LogP contribution in [0.5, 0.6) is 0 Å². The van der Waals surface area contributed by atoms with E-state index in [1.807, 2.05) is 30.5 Å². The van der Waals surface area contributed by atoms with Gasteiger partial charge in [-0.2, -0.15) is 0 Å². The highest BCUT2D eigenvalue weighted by atomic mass is 35.5. The zero-order chi connectivity index (χ0) is 16.7. The number of thioether (sulfide) groups is 1. The van der Waals surface area contributed by atoms with E-state index in [2.05, 4.69) is 17.6 Å². The Hall–Kier alpha value is -1.24. The van der Waals surface area contributed by atoms with Crippen molar-refractivity contribution in [2.75, 3.05) is 37.3 Å². The van der Waals surface area contributed by atoms with E-state index in [1.165, 1.54) is 0 Å². The van der Waals surface area contributed by atoms with Crippen LogP contribution in [0.2, 0.25) is 0 Å². The third-order valence-electron chi connectivity index (χ3n) is 3.89. The molecule has 1 atom stereocenters. The van der Waals surface area contributed by atoms with Gasteiger partial charge in [0.25, 0.3) is 0 Å². The zero-order valence-corrected chi connectivity index (χ0v) is 15.8. The van der Waals surface area contributed by atoms with Crippen molar-refractivity contribution in [2.24, 2.45) is 5.92 Å². The number of carbonyl (C=O) groups is 2. The summed E-state index contributed by atoms with van der Waals surface area (Å²) in [6, 6.07) is 7.88. The van der Waals surface area contributed by atoms with Crippen molar-refractivity contribution in [3.63, 3.8) is 0 Å². The van der Waals surface area contributed by atoms with E-state index in [-0.39, 0.29) is 36.6 Å². The number of anilines is 1. The van der Waals surface area contributed by atoms with Crippen molar-refractivity contribution in [1.29, 1.82) is 0 Å². The molecule has 0 aliphatic carbocycles. The summed E-state index contributed by atoms with van der Waals surface area (Å²) in [5, 5.41) is 6.16. The lowest BCUT2D eigenvalue weighted by molar-refractivity contribution is -0.126. The van der Waals surface area contributed by atoms with Crippen LogP contribution in [0.1, 0.15) is 19.8 Å². The van der Waals surface area contributed by atoms with Gasteiger partial charge >= 0.3 is 0 Å². The highest BCUT2D eigenvalue weighted by molar-refractivity contribution is 7.98. The second kappa shape index (κ2) is 10.6. The van der Waals surface area contributed by atoms with Gasteiger partial charge in [-0.05, 0) is 37.4 Å². The molecule has 0 aromatic heterocycles. The fourth-order valence-corrected chi connectivity index (χ4v) is 3.08. The van der Waals surface area contributed by atoms with Gasteiger partial charge in [-0.15, -0.1) is 24.2 Å². The number of amides is 2. The first-order valence-electron chi connectivity index (χ1n) is 8.08. The quantitative estimate of drug-likeness (QED) is 0.543. The lowest BCUT2D eigenvalue weighted by atomic mass is 10.1. The lowest BCUT2D eigenvalue weighted by Crippen LogP contribution is -2.37. The summed E-state index contributed by atoms with van der Waals surface area (Å²) in [6.07, 6.45) is 3.38. The van der Waals surface area contributed by atoms with Gasteiger partial charge in [-0.3, -0.25) is 9.59 Å². The summed E-state index contributed by atoms with van der Waals surface area (Å²) in [7, 11) is 0. The second-order valence-electron chi connectivity index (χ2n) is 5.65. The molecule has 24 heavy (non-hydrogen) atoms. The van der Waals surface area contributed by atoms with E-state index in [4.69, 9.17) is 0 Å². The van der Waals surface area contributed by atoms with Crippen molar-refractivity contribution in [2.45, 2.75) is 24.7 Å². The molecule has 1 fully saturated rings. The Kier molecular flexibility index (Phi) is 9.18. The molecule has 1 aliphatic heterocycles. The lowest BCUT2D eigenvalue weighted by Gasteiger charge is -2.17. The summed E-state index contributed by atoms with van der Waals surface area (Å²) >= 11 is 1.64. The van der Waals surface area contributed by atoms with Crippen molar-refractivity contribution < 1.29 is 9.59 Å². The maximum atomic E-state index is 12.2. The van der Waals surface area contributed by atoms with Gasteiger partial charge in [-0.25, -0.2) is 0 Å². The van der Waals surface area contributed by atoms with Gasteiger partial charge < -0.3 is 15.5 Å². The minimum atomic E-state index is -0.258. The average Bonchev–Trinajstić information content (AvgIpc) is 2.96. The monoisotopic (exact) mass is 371 g/mol. The molecule has 2 N–H and O–H groups in total. The molecular weight excluding hydrogens is 346 g/mol. The van der Waals surface area contributed by atoms with Crippen LogP contribution in [0.3, 0.4) is 0 Å². The Balaban J connectivity index is 0.00000288. The molecule has 2 rings (SSSR count). The molecule has 1 saturated heterocycles. The number of halogens is 1. The number of hydrogen-bond acceptors (Lipinski definition) is 4. The third-order valence-corrected chi connectivity index (χ3v) is 4.61. The molecule has 1 heterocycles. The van der Waals surface area contributed by atoms with Gasteiger partial charge in [-0.1, -0.05) is 13.0 Å².